The molecule has 2 amide bonds. The van der Waals surface area contributed by atoms with Gasteiger partial charge >= 0.3 is 5.97 Å². The lowest BCUT2D eigenvalue weighted by molar-refractivity contribution is -0.139. The van der Waals surface area contributed by atoms with Gasteiger partial charge in [0.2, 0.25) is 17.5 Å². The number of carboxylic acid groups (broad SMARTS) is 1. The number of benzene rings is 2. The van der Waals surface area contributed by atoms with Crippen LogP contribution in [-0.4, -0.2) is 57.4 Å². The number of nitrogens with zero attached hydrogens (tertiary/aromatic N) is 1. The van der Waals surface area contributed by atoms with Crippen molar-refractivity contribution in [1.82, 2.24) is 15.2 Å². The molecule has 2 aromatic carbocycles. The third kappa shape index (κ3) is 6.36. The second-order valence-electron chi connectivity index (χ2n) is 9.63. The van der Waals surface area contributed by atoms with Gasteiger partial charge in [-0.25, -0.2) is 8.78 Å². The van der Waals surface area contributed by atoms with Gasteiger partial charge in [0.25, 0.3) is 5.91 Å². The Morgan fingerprint density at radius 2 is 1.62 bits per heavy atom. The number of carbonyl (C=O) groups is 3. The molecule has 0 fully saturated rings. The number of hydrogen-bond donors (Lipinski definition) is 4. The molecule has 2 unspecified atom stereocenters. The van der Waals surface area contributed by atoms with Gasteiger partial charge in [-0.1, -0.05) is 32.0 Å². The first-order valence-electron chi connectivity index (χ1n) is 12.2. The van der Waals surface area contributed by atoms with Crippen LogP contribution < -0.4 is 15.4 Å². The molecule has 0 aliphatic carbocycles. The number of halogens is 4. The molecule has 0 aliphatic heterocycles. The van der Waals surface area contributed by atoms with Crippen molar-refractivity contribution in [3.63, 3.8) is 0 Å². The number of carbonyl (C=O) groups excluding carboxylic acids is 2. The van der Waals surface area contributed by atoms with Crippen LogP contribution in [0.25, 0.3) is 10.9 Å². The van der Waals surface area contributed by atoms with E-state index in [1.54, 1.807) is 32.4 Å². The van der Waals surface area contributed by atoms with Crippen LogP contribution in [0.5, 0.6) is 5.75 Å². The Morgan fingerprint density at radius 1 is 1.02 bits per heavy atom. The number of para-hydroxylation sites is 1. The fraction of sp³-hybridized carbons (Fsp3) is 0.370. The van der Waals surface area contributed by atoms with Gasteiger partial charge in [-0.3, -0.25) is 14.4 Å². The smallest absolute Gasteiger partial charge is 0.305 e. The monoisotopic (exact) mass is 567 g/mol. The topological polar surface area (TPSA) is 130 Å². The summed E-state index contributed by atoms with van der Waals surface area (Å²) < 4.78 is 61.1. The molecular weight excluding hydrogens is 538 g/mol. The van der Waals surface area contributed by atoms with E-state index in [1.807, 2.05) is 24.3 Å². The molecule has 1 aromatic heterocycles. The number of fused-ring (bicyclic) bond motifs is 1. The van der Waals surface area contributed by atoms with Crippen molar-refractivity contribution >= 4 is 28.7 Å². The average molecular weight is 568 g/mol. The molecule has 1 heterocycles. The van der Waals surface area contributed by atoms with Gasteiger partial charge in [-0.2, -0.15) is 8.78 Å². The first-order valence-corrected chi connectivity index (χ1v) is 12.2. The minimum Gasteiger partial charge on any atom is -0.485 e. The van der Waals surface area contributed by atoms with E-state index in [4.69, 9.17) is 4.74 Å². The summed E-state index contributed by atoms with van der Waals surface area (Å²) >= 11 is 0. The molecule has 3 aromatic rings. The molecule has 9 nitrogen and oxygen atoms in total. The third-order valence-electron chi connectivity index (χ3n) is 6.47. The second-order valence-corrected chi connectivity index (χ2v) is 9.63. The molecule has 13 heteroatoms. The first-order chi connectivity index (χ1) is 18.7. The number of aliphatic hydroxyl groups is 1. The summed E-state index contributed by atoms with van der Waals surface area (Å²) in [6, 6.07) is 4.56. The predicted molar refractivity (Wildman–Crippen MR) is 136 cm³/mol. The molecule has 0 radical (unpaired) electrons. The number of amides is 2. The molecule has 3 rings (SSSR count). The molecule has 3 atom stereocenters. The van der Waals surface area contributed by atoms with E-state index in [-0.39, 0.29) is 6.07 Å². The van der Waals surface area contributed by atoms with Gasteiger partial charge in [0.1, 0.15) is 24.4 Å². The molecular formula is C27H29F4N3O6. The van der Waals surface area contributed by atoms with Crippen molar-refractivity contribution in [1.29, 1.82) is 0 Å². The number of aliphatic hydroxyl groups excluding tert-OH is 1. The van der Waals surface area contributed by atoms with Crippen LogP contribution in [0.15, 0.2) is 30.3 Å². The minimum atomic E-state index is -1.88. The lowest BCUT2D eigenvalue weighted by Gasteiger charge is -2.27. The van der Waals surface area contributed by atoms with E-state index in [2.05, 4.69) is 10.6 Å². The number of rotatable bonds is 11. The summed E-state index contributed by atoms with van der Waals surface area (Å²) in [7, 11) is 1.70. The van der Waals surface area contributed by atoms with E-state index in [0.29, 0.717) is 11.3 Å². The zero-order chi connectivity index (χ0) is 29.9. The molecule has 0 saturated carbocycles. The summed E-state index contributed by atoms with van der Waals surface area (Å²) in [5.41, 5.74) is 1.79. The summed E-state index contributed by atoms with van der Waals surface area (Å²) in [5.74, 6) is -12.0. The largest absolute Gasteiger partial charge is 0.485 e. The van der Waals surface area contributed by atoms with Gasteiger partial charge in [-0.15, -0.1) is 0 Å². The van der Waals surface area contributed by atoms with E-state index in [9.17, 15) is 42.2 Å². The Hall–Kier alpha value is -4.13. The highest BCUT2D eigenvalue weighted by Crippen LogP contribution is 2.27. The fourth-order valence-corrected chi connectivity index (χ4v) is 4.36. The van der Waals surface area contributed by atoms with E-state index in [1.165, 1.54) is 0 Å². The second kappa shape index (κ2) is 12.4. The molecule has 0 saturated heterocycles. The maximum absolute atomic E-state index is 13.9. The molecule has 4 N–H and O–H groups in total. The number of nitrogens with one attached hydrogen (secondary N) is 2. The Kier molecular flexibility index (Phi) is 9.40. The van der Waals surface area contributed by atoms with Crippen LogP contribution >= 0.6 is 0 Å². The zero-order valence-corrected chi connectivity index (χ0v) is 22.1. The molecule has 0 bridgehead atoms. The highest BCUT2D eigenvalue weighted by molar-refractivity contribution is 6.03. The van der Waals surface area contributed by atoms with Crippen LogP contribution in [0.4, 0.5) is 17.6 Å². The standard InChI is InChI=1S/C27H29F4N3O6/c1-12(2)23(33-27(39)24-13(3)14-7-5-6-8-18(14)34(24)4)26(38)32-17(10-20(36)37)19(35)11-40-25-21(30)15(28)9-16(29)22(25)31/h5-9,12,17,19,23,35H,10-11H2,1-4H3,(H,32,38)(H,33,39)(H,36,37)/t17?,19?,23-/m0/s1. The van der Waals surface area contributed by atoms with Crippen LogP contribution in [-0.2, 0) is 16.6 Å². The van der Waals surface area contributed by atoms with Gasteiger partial charge < -0.3 is 30.2 Å². The Balaban J connectivity index is 1.78. The van der Waals surface area contributed by atoms with Gasteiger partial charge in [0, 0.05) is 24.0 Å². The number of carboxylic acids is 1. The van der Waals surface area contributed by atoms with Gasteiger partial charge in [0.15, 0.2) is 17.4 Å². The number of aryl methyl sites for hydroxylation is 2. The van der Waals surface area contributed by atoms with Crippen molar-refractivity contribution in [2.24, 2.45) is 13.0 Å². The maximum Gasteiger partial charge on any atom is 0.305 e. The number of aromatic nitrogens is 1. The average Bonchev–Trinajstić information content (AvgIpc) is 3.14. The van der Waals surface area contributed by atoms with E-state index in [0.717, 1.165) is 10.9 Å². The number of ether oxygens (including phenoxy) is 1. The number of aliphatic carboxylic acids is 1. The Morgan fingerprint density at radius 3 is 2.17 bits per heavy atom. The number of hydrogen-bond acceptors (Lipinski definition) is 5. The molecule has 40 heavy (non-hydrogen) atoms. The van der Waals surface area contributed by atoms with Crippen LogP contribution in [0.1, 0.15) is 36.3 Å². The van der Waals surface area contributed by atoms with Crippen molar-refractivity contribution in [2.45, 2.75) is 45.4 Å². The SMILES string of the molecule is Cc1c(C(=O)N[C@H](C(=O)NC(CC(=O)O)C(O)COc2c(F)c(F)cc(F)c2F)C(C)C)n(C)c2ccccc12. The summed E-state index contributed by atoms with van der Waals surface area (Å²) in [6.45, 7) is 4.00. The zero-order valence-electron chi connectivity index (χ0n) is 22.1. The molecule has 0 aliphatic rings. The lowest BCUT2D eigenvalue weighted by atomic mass is 10.0. The lowest BCUT2D eigenvalue weighted by Crippen LogP contribution is -2.55. The fourth-order valence-electron chi connectivity index (χ4n) is 4.36. The highest BCUT2D eigenvalue weighted by Gasteiger charge is 2.32. The predicted octanol–water partition coefficient (Wildman–Crippen LogP) is 3.20. The van der Waals surface area contributed by atoms with Crippen LogP contribution in [0, 0.1) is 36.1 Å². The third-order valence-corrected chi connectivity index (χ3v) is 6.47. The van der Waals surface area contributed by atoms with Gasteiger partial charge in [-0.05, 0) is 24.5 Å². The Labute approximate surface area is 226 Å². The van der Waals surface area contributed by atoms with E-state index >= 15 is 0 Å². The first kappa shape index (κ1) is 30.4. The summed E-state index contributed by atoms with van der Waals surface area (Å²) in [4.78, 5) is 37.8. The minimum absolute atomic E-state index is 0.0265. The van der Waals surface area contributed by atoms with Crippen LogP contribution in [0.3, 0.4) is 0 Å². The van der Waals surface area contributed by atoms with Crippen molar-refractivity contribution < 1.29 is 46.9 Å². The normalized spacial score (nSPS) is 13.7. The quantitative estimate of drug-likeness (QED) is 0.208. The van der Waals surface area contributed by atoms with Crippen molar-refractivity contribution in [2.75, 3.05) is 6.61 Å². The molecule has 0 spiro atoms. The molecule has 216 valence electrons. The van der Waals surface area contributed by atoms with Gasteiger partial charge in [0.05, 0.1) is 12.5 Å². The van der Waals surface area contributed by atoms with Crippen molar-refractivity contribution in [3.8, 4) is 5.75 Å². The van der Waals surface area contributed by atoms with E-state index < -0.39 is 83.9 Å². The van der Waals surface area contributed by atoms with Crippen LogP contribution in [0.2, 0.25) is 0 Å². The van der Waals surface area contributed by atoms with Crippen molar-refractivity contribution in [3.05, 3.63) is 64.9 Å². The maximum atomic E-state index is 13.9. The summed E-state index contributed by atoms with van der Waals surface area (Å²) in [5, 5.41) is 25.6. The summed E-state index contributed by atoms with van der Waals surface area (Å²) in [6.07, 6.45) is -2.73. The Bertz CT molecular complexity index is 1380. The highest BCUT2D eigenvalue weighted by atomic mass is 19.2.